The molecule has 1 rings (SSSR count). The van der Waals surface area contributed by atoms with Crippen molar-refractivity contribution in [2.24, 2.45) is 5.41 Å². The minimum atomic E-state index is -0.817. The molecule has 1 aliphatic rings. The number of hydrogen-bond acceptors (Lipinski definition) is 3. The van der Waals surface area contributed by atoms with E-state index < -0.39 is 5.97 Å². The van der Waals surface area contributed by atoms with Crippen LogP contribution < -0.4 is 10.6 Å². The standard InChI is InChI=1S/C13H24N2O3/c1-3-13(6-8-14-9-7-13)12(18)15-10(2)4-5-11(16)17/h10,14H,3-9H2,1-2H3,(H,15,18)(H,16,17). The zero-order valence-electron chi connectivity index (χ0n) is 11.3. The van der Waals surface area contributed by atoms with Crippen LogP contribution in [-0.2, 0) is 9.59 Å². The van der Waals surface area contributed by atoms with E-state index in [1.165, 1.54) is 0 Å². The van der Waals surface area contributed by atoms with Gasteiger partial charge in [0.2, 0.25) is 5.91 Å². The van der Waals surface area contributed by atoms with Crippen molar-refractivity contribution in [3.63, 3.8) is 0 Å². The number of rotatable bonds is 6. The molecule has 18 heavy (non-hydrogen) atoms. The summed E-state index contributed by atoms with van der Waals surface area (Å²) in [6, 6.07) is -0.0769. The van der Waals surface area contributed by atoms with E-state index in [1.807, 2.05) is 13.8 Å². The van der Waals surface area contributed by atoms with E-state index >= 15 is 0 Å². The lowest BCUT2D eigenvalue weighted by Crippen LogP contribution is -2.49. The Hall–Kier alpha value is -1.10. The summed E-state index contributed by atoms with van der Waals surface area (Å²) >= 11 is 0. The quantitative estimate of drug-likeness (QED) is 0.666. The molecule has 1 heterocycles. The summed E-state index contributed by atoms with van der Waals surface area (Å²) in [6.07, 6.45) is 3.15. The van der Waals surface area contributed by atoms with Crippen LogP contribution in [0.4, 0.5) is 0 Å². The SMILES string of the molecule is CCC1(C(=O)NC(C)CCC(=O)O)CCNCC1. The second-order valence-electron chi connectivity index (χ2n) is 5.19. The average Bonchev–Trinajstić information content (AvgIpc) is 2.37. The van der Waals surface area contributed by atoms with Crippen LogP contribution in [0.25, 0.3) is 0 Å². The van der Waals surface area contributed by atoms with Gasteiger partial charge >= 0.3 is 5.97 Å². The van der Waals surface area contributed by atoms with Crippen molar-refractivity contribution in [3.05, 3.63) is 0 Å². The fourth-order valence-electron chi connectivity index (χ4n) is 2.44. The Balaban J connectivity index is 2.48. The predicted octanol–water partition coefficient (Wildman–Crippen LogP) is 1.14. The van der Waals surface area contributed by atoms with Gasteiger partial charge in [-0.05, 0) is 45.7 Å². The zero-order chi connectivity index (χ0) is 13.6. The van der Waals surface area contributed by atoms with Crippen molar-refractivity contribution in [3.8, 4) is 0 Å². The lowest BCUT2D eigenvalue weighted by Gasteiger charge is -2.36. The highest BCUT2D eigenvalue weighted by molar-refractivity contribution is 5.83. The molecule has 1 fully saturated rings. The molecule has 0 aromatic heterocycles. The van der Waals surface area contributed by atoms with Crippen LogP contribution in [0, 0.1) is 5.41 Å². The highest BCUT2D eigenvalue weighted by Crippen LogP contribution is 2.32. The van der Waals surface area contributed by atoms with E-state index in [0.717, 1.165) is 32.4 Å². The number of nitrogens with one attached hydrogen (secondary N) is 2. The Kier molecular flexibility index (Phi) is 5.59. The largest absolute Gasteiger partial charge is 0.481 e. The molecular formula is C13H24N2O3. The van der Waals surface area contributed by atoms with Crippen LogP contribution in [0.3, 0.4) is 0 Å². The van der Waals surface area contributed by atoms with E-state index in [-0.39, 0.29) is 23.8 Å². The smallest absolute Gasteiger partial charge is 0.303 e. The summed E-state index contributed by atoms with van der Waals surface area (Å²) in [5.41, 5.74) is -0.261. The zero-order valence-corrected chi connectivity index (χ0v) is 11.3. The number of carbonyl (C=O) groups excluding carboxylic acids is 1. The molecule has 104 valence electrons. The molecule has 5 heteroatoms. The highest BCUT2D eigenvalue weighted by Gasteiger charge is 2.37. The minimum absolute atomic E-state index is 0.0769. The lowest BCUT2D eigenvalue weighted by atomic mass is 9.75. The van der Waals surface area contributed by atoms with E-state index in [9.17, 15) is 9.59 Å². The number of carboxylic acid groups (broad SMARTS) is 1. The monoisotopic (exact) mass is 256 g/mol. The number of carbonyl (C=O) groups is 2. The Morgan fingerprint density at radius 3 is 2.50 bits per heavy atom. The van der Waals surface area contributed by atoms with Crippen molar-refractivity contribution in [1.82, 2.24) is 10.6 Å². The molecule has 1 saturated heterocycles. The number of hydrogen-bond donors (Lipinski definition) is 3. The number of carboxylic acids is 1. The fraction of sp³-hybridized carbons (Fsp3) is 0.846. The molecule has 1 unspecified atom stereocenters. The van der Waals surface area contributed by atoms with Gasteiger partial charge in [-0.15, -0.1) is 0 Å². The van der Waals surface area contributed by atoms with Crippen LogP contribution in [0.2, 0.25) is 0 Å². The van der Waals surface area contributed by atoms with Gasteiger partial charge in [0.05, 0.1) is 5.41 Å². The average molecular weight is 256 g/mol. The van der Waals surface area contributed by atoms with Crippen molar-refractivity contribution < 1.29 is 14.7 Å². The maximum absolute atomic E-state index is 12.3. The molecule has 0 saturated carbocycles. The van der Waals surface area contributed by atoms with Crippen molar-refractivity contribution in [2.75, 3.05) is 13.1 Å². The van der Waals surface area contributed by atoms with Crippen LogP contribution in [-0.4, -0.2) is 36.1 Å². The third kappa shape index (κ3) is 3.98. The molecule has 0 radical (unpaired) electrons. The third-order valence-corrected chi connectivity index (χ3v) is 3.89. The maximum atomic E-state index is 12.3. The van der Waals surface area contributed by atoms with Crippen molar-refractivity contribution in [1.29, 1.82) is 0 Å². The second kappa shape index (κ2) is 6.73. The molecule has 1 amide bonds. The van der Waals surface area contributed by atoms with Crippen LogP contribution in [0.1, 0.15) is 46.0 Å². The highest BCUT2D eigenvalue weighted by atomic mass is 16.4. The van der Waals surface area contributed by atoms with E-state index in [4.69, 9.17) is 5.11 Å². The molecule has 0 aliphatic carbocycles. The first-order valence-electron chi connectivity index (χ1n) is 6.73. The molecule has 5 nitrogen and oxygen atoms in total. The molecule has 0 aromatic rings. The molecule has 0 spiro atoms. The summed E-state index contributed by atoms with van der Waals surface area (Å²) < 4.78 is 0. The topological polar surface area (TPSA) is 78.4 Å². The summed E-state index contributed by atoms with van der Waals surface area (Å²) in [5, 5.41) is 14.9. The van der Waals surface area contributed by atoms with Gasteiger partial charge in [0.15, 0.2) is 0 Å². The third-order valence-electron chi connectivity index (χ3n) is 3.89. The van der Waals surface area contributed by atoms with Gasteiger partial charge in [-0.1, -0.05) is 6.92 Å². The molecular weight excluding hydrogens is 232 g/mol. The fourth-order valence-corrected chi connectivity index (χ4v) is 2.44. The summed E-state index contributed by atoms with van der Waals surface area (Å²) in [5.74, 6) is -0.729. The van der Waals surface area contributed by atoms with Crippen LogP contribution >= 0.6 is 0 Å². The first-order chi connectivity index (χ1) is 8.50. The van der Waals surface area contributed by atoms with Crippen molar-refractivity contribution >= 4 is 11.9 Å². The summed E-state index contributed by atoms with van der Waals surface area (Å²) in [4.78, 5) is 22.8. The summed E-state index contributed by atoms with van der Waals surface area (Å²) in [7, 11) is 0. The molecule has 0 bridgehead atoms. The minimum Gasteiger partial charge on any atom is -0.481 e. The van der Waals surface area contributed by atoms with Crippen LogP contribution in [0.15, 0.2) is 0 Å². The Morgan fingerprint density at radius 1 is 1.39 bits per heavy atom. The first-order valence-corrected chi connectivity index (χ1v) is 6.73. The Labute approximate surface area is 108 Å². The molecule has 0 aromatic carbocycles. The number of piperidine rings is 1. The molecule has 3 N–H and O–H groups in total. The van der Waals surface area contributed by atoms with Gasteiger partial charge in [0.1, 0.15) is 0 Å². The van der Waals surface area contributed by atoms with Gasteiger partial charge in [-0.3, -0.25) is 9.59 Å². The number of amides is 1. The van der Waals surface area contributed by atoms with Gasteiger partial charge in [-0.2, -0.15) is 0 Å². The van der Waals surface area contributed by atoms with Crippen LogP contribution in [0.5, 0.6) is 0 Å². The summed E-state index contributed by atoms with van der Waals surface area (Å²) in [6.45, 7) is 5.67. The Morgan fingerprint density at radius 2 is 2.00 bits per heavy atom. The van der Waals surface area contributed by atoms with Crippen molar-refractivity contribution in [2.45, 2.75) is 52.0 Å². The normalized spacial score (nSPS) is 20.1. The lowest BCUT2D eigenvalue weighted by molar-refractivity contribution is -0.138. The maximum Gasteiger partial charge on any atom is 0.303 e. The van der Waals surface area contributed by atoms with Gasteiger partial charge < -0.3 is 15.7 Å². The molecule has 1 aliphatic heterocycles. The second-order valence-corrected chi connectivity index (χ2v) is 5.19. The van der Waals surface area contributed by atoms with E-state index in [0.29, 0.717) is 6.42 Å². The van der Waals surface area contributed by atoms with Gasteiger partial charge in [0, 0.05) is 12.5 Å². The van der Waals surface area contributed by atoms with E-state index in [2.05, 4.69) is 10.6 Å². The van der Waals surface area contributed by atoms with E-state index in [1.54, 1.807) is 0 Å². The molecule has 1 atom stereocenters. The number of aliphatic carboxylic acids is 1. The van der Waals surface area contributed by atoms with Gasteiger partial charge in [0.25, 0.3) is 0 Å². The first kappa shape index (κ1) is 15.0. The Bertz CT molecular complexity index is 299. The van der Waals surface area contributed by atoms with Gasteiger partial charge in [-0.25, -0.2) is 0 Å². The predicted molar refractivity (Wildman–Crippen MR) is 69.3 cm³/mol.